The number of hydrogen-bond acceptors (Lipinski definition) is 6. The zero-order valence-electron chi connectivity index (χ0n) is 21.1. The molecule has 2 aromatic rings. The molecule has 36 heavy (non-hydrogen) atoms. The summed E-state index contributed by atoms with van der Waals surface area (Å²) in [4.78, 5) is 40.8. The van der Waals surface area contributed by atoms with Crippen molar-refractivity contribution in [2.75, 3.05) is 26.2 Å². The minimum Gasteiger partial charge on any atom is -0.507 e. The highest BCUT2D eigenvalue weighted by molar-refractivity contribution is 6.46. The van der Waals surface area contributed by atoms with Crippen molar-refractivity contribution in [2.45, 2.75) is 52.0 Å². The minimum absolute atomic E-state index is 0.00822. The molecule has 0 saturated carbocycles. The standard InChI is InChI=1S/C28H35N3O5/c1-3-5-17-29(18-6-4-2)19-10-20-30-25(21-13-15-23(16-14-21)31(35)36)24(27(33)28(30)34)26(32)22-11-8-7-9-12-22/h7-9,11-16,25,32H,3-6,10,17-20H2,1-2H3/t25-/m1/s1. The number of aliphatic hydroxyl groups excluding tert-OH is 1. The largest absolute Gasteiger partial charge is 0.507 e. The molecule has 8 heteroatoms. The number of likely N-dealkylation sites (tertiary alicyclic amines) is 1. The summed E-state index contributed by atoms with van der Waals surface area (Å²) in [7, 11) is 0. The Kier molecular flexibility index (Phi) is 9.76. The number of nitro benzene ring substituents is 1. The molecule has 0 aromatic heterocycles. The monoisotopic (exact) mass is 493 g/mol. The first-order valence-electron chi connectivity index (χ1n) is 12.7. The van der Waals surface area contributed by atoms with E-state index in [0.717, 1.165) is 45.3 Å². The third kappa shape index (κ3) is 6.37. The summed E-state index contributed by atoms with van der Waals surface area (Å²) in [6.07, 6.45) is 5.10. The first kappa shape index (κ1) is 27.1. The van der Waals surface area contributed by atoms with E-state index < -0.39 is 22.7 Å². The minimum atomic E-state index is -0.814. The number of Topliss-reactive ketones (excluding diaryl/α,β-unsaturated/α-hetero) is 1. The van der Waals surface area contributed by atoms with E-state index >= 15 is 0 Å². The van der Waals surface area contributed by atoms with Gasteiger partial charge in [-0.25, -0.2) is 0 Å². The SMILES string of the molecule is CCCCN(CCCC)CCCN1C(=O)C(=O)C(=C(O)c2ccccc2)[C@H]1c1ccc([N+](=O)[O-])cc1. The van der Waals surface area contributed by atoms with E-state index in [1.807, 2.05) is 0 Å². The van der Waals surface area contributed by atoms with E-state index in [1.54, 1.807) is 42.5 Å². The van der Waals surface area contributed by atoms with Crippen LogP contribution >= 0.6 is 0 Å². The molecule has 8 nitrogen and oxygen atoms in total. The molecule has 0 spiro atoms. The zero-order chi connectivity index (χ0) is 26.1. The fourth-order valence-electron chi connectivity index (χ4n) is 4.55. The Balaban J connectivity index is 1.92. The molecular weight excluding hydrogens is 458 g/mol. The van der Waals surface area contributed by atoms with E-state index in [0.29, 0.717) is 24.1 Å². The van der Waals surface area contributed by atoms with Crippen LogP contribution in [-0.4, -0.2) is 57.7 Å². The summed E-state index contributed by atoms with van der Waals surface area (Å²) >= 11 is 0. The third-order valence-corrected chi connectivity index (χ3v) is 6.54. The molecule has 1 saturated heterocycles. The van der Waals surface area contributed by atoms with Gasteiger partial charge < -0.3 is 14.9 Å². The molecule has 1 N–H and O–H groups in total. The van der Waals surface area contributed by atoms with Gasteiger partial charge in [-0.2, -0.15) is 0 Å². The van der Waals surface area contributed by atoms with Crippen LogP contribution in [0, 0.1) is 10.1 Å². The van der Waals surface area contributed by atoms with Crippen molar-refractivity contribution in [1.82, 2.24) is 9.80 Å². The maximum Gasteiger partial charge on any atom is 0.295 e. The average molecular weight is 494 g/mol. The second kappa shape index (κ2) is 13.0. The van der Waals surface area contributed by atoms with Gasteiger partial charge in [0.2, 0.25) is 0 Å². The van der Waals surface area contributed by atoms with Gasteiger partial charge in [0, 0.05) is 24.2 Å². The fraction of sp³-hybridized carbons (Fsp3) is 0.429. The Bertz CT molecular complexity index is 1070. The van der Waals surface area contributed by atoms with E-state index in [2.05, 4.69) is 18.7 Å². The summed E-state index contributed by atoms with van der Waals surface area (Å²) in [5.41, 5.74) is 0.911. The summed E-state index contributed by atoms with van der Waals surface area (Å²) in [6.45, 7) is 7.45. The molecule has 1 aliphatic rings. The molecule has 0 aliphatic carbocycles. The molecular formula is C28H35N3O5. The molecule has 1 atom stereocenters. The van der Waals surface area contributed by atoms with Crippen molar-refractivity contribution in [3.05, 3.63) is 81.4 Å². The first-order chi connectivity index (χ1) is 17.4. The average Bonchev–Trinajstić information content (AvgIpc) is 3.15. The predicted octanol–water partition coefficient (Wildman–Crippen LogP) is 5.31. The highest BCUT2D eigenvalue weighted by Gasteiger charge is 2.45. The van der Waals surface area contributed by atoms with Crippen LogP contribution < -0.4 is 0 Å². The van der Waals surface area contributed by atoms with Crippen molar-refractivity contribution in [3.8, 4) is 0 Å². The topological polar surface area (TPSA) is 104 Å². The van der Waals surface area contributed by atoms with Crippen LogP contribution in [0.3, 0.4) is 0 Å². The quantitative estimate of drug-likeness (QED) is 0.133. The lowest BCUT2D eigenvalue weighted by Gasteiger charge is -2.27. The number of benzene rings is 2. The van der Waals surface area contributed by atoms with Crippen molar-refractivity contribution in [3.63, 3.8) is 0 Å². The normalized spacial score (nSPS) is 17.2. The smallest absolute Gasteiger partial charge is 0.295 e. The summed E-state index contributed by atoms with van der Waals surface area (Å²) < 4.78 is 0. The molecule has 1 fully saturated rings. The fourth-order valence-corrected chi connectivity index (χ4v) is 4.55. The number of rotatable bonds is 13. The van der Waals surface area contributed by atoms with Crippen LogP contribution in [0.1, 0.15) is 63.1 Å². The lowest BCUT2D eigenvalue weighted by Crippen LogP contribution is -2.34. The Morgan fingerprint density at radius 2 is 1.53 bits per heavy atom. The number of non-ortho nitro benzene ring substituents is 1. The van der Waals surface area contributed by atoms with Gasteiger partial charge in [0.05, 0.1) is 16.5 Å². The Labute approximate surface area is 212 Å². The number of nitro groups is 1. The van der Waals surface area contributed by atoms with Gasteiger partial charge in [-0.15, -0.1) is 0 Å². The summed E-state index contributed by atoms with van der Waals surface area (Å²) in [5.74, 6) is -1.65. The molecule has 3 rings (SSSR count). The third-order valence-electron chi connectivity index (χ3n) is 6.54. The number of aliphatic hydroxyl groups is 1. The van der Waals surface area contributed by atoms with Crippen LogP contribution in [0.4, 0.5) is 5.69 Å². The number of amides is 1. The summed E-state index contributed by atoms with van der Waals surface area (Å²) in [5, 5.41) is 22.2. The Morgan fingerprint density at radius 3 is 2.08 bits per heavy atom. The Morgan fingerprint density at radius 1 is 0.944 bits per heavy atom. The van der Waals surface area contributed by atoms with Gasteiger partial charge in [-0.1, -0.05) is 57.0 Å². The molecule has 2 aromatic carbocycles. The predicted molar refractivity (Wildman–Crippen MR) is 139 cm³/mol. The Hall–Kier alpha value is -3.52. The highest BCUT2D eigenvalue weighted by Crippen LogP contribution is 2.39. The van der Waals surface area contributed by atoms with Crippen molar-refractivity contribution in [2.24, 2.45) is 0 Å². The van der Waals surface area contributed by atoms with E-state index in [4.69, 9.17) is 0 Å². The van der Waals surface area contributed by atoms with Crippen molar-refractivity contribution in [1.29, 1.82) is 0 Å². The second-order valence-corrected chi connectivity index (χ2v) is 9.11. The van der Waals surface area contributed by atoms with Gasteiger partial charge in [-0.05, 0) is 56.6 Å². The van der Waals surface area contributed by atoms with E-state index in [-0.39, 0.29) is 17.0 Å². The number of nitrogens with zero attached hydrogens (tertiary/aromatic N) is 3. The molecule has 1 amide bonds. The molecule has 1 heterocycles. The number of carbonyl (C=O) groups excluding carboxylic acids is 2. The van der Waals surface area contributed by atoms with Gasteiger partial charge in [0.15, 0.2) is 0 Å². The number of hydrogen-bond donors (Lipinski definition) is 1. The lowest BCUT2D eigenvalue weighted by atomic mass is 9.95. The molecule has 0 unspecified atom stereocenters. The van der Waals surface area contributed by atoms with Crippen LogP contribution in [0.15, 0.2) is 60.2 Å². The van der Waals surface area contributed by atoms with E-state index in [1.165, 1.54) is 17.0 Å². The van der Waals surface area contributed by atoms with E-state index in [9.17, 15) is 24.8 Å². The molecule has 0 bridgehead atoms. The zero-order valence-corrected chi connectivity index (χ0v) is 21.1. The molecule has 1 aliphatic heterocycles. The highest BCUT2D eigenvalue weighted by atomic mass is 16.6. The second-order valence-electron chi connectivity index (χ2n) is 9.11. The van der Waals surface area contributed by atoms with Gasteiger partial charge >= 0.3 is 0 Å². The van der Waals surface area contributed by atoms with Gasteiger partial charge in [0.25, 0.3) is 17.4 Å². The van der Waals surface area contributed by atoms with Gasteiger partial charge in [-0.3, -0.25) is 19.7 Å². The number of carbonyl (C=O) groups is 2. The van der Waals surface area contributed by atoms with Crippen LogP contribution in [-0.2, 0) is 9.59 Å². The number of ketones is 1. The van der Waals surface area contributed by atoms with Crippen LogP contribution in [0.25, 0.3) is 5.76 Å². The molecule has 0 radical (unpaired) electrons. The van der Waals surface area contributed by atoms with Crippen LogP contribution in [0.2, 0.25) is 0 Å². The maximum absolute atomic E-state index is 13.1. The van der Waals surface area contributed by atoms with Crippen molar-refractivity contribution < 1.29 is 19.6 Å². The lowest BCUT2D eigenvalue weighted by molar-refractivity contribution is -0.384. The summed E-state index contributed by atoms with van der Waals surface area (Å²) in [6, 6.07) is 13.6. The van der Waals surface area contributed by atoms with Crippen molar-refractivity contribution >= 4 is 23.1 Å². The van der Waals surface area contributed by atoms with Crippen LogP contribution in [0.5, 0.6) is 0 Å². The first-order valence-corrected chi connectivity index (χ1v) is 12.7. The number of unbranched alkanes of at least 4 members (excludes halogenated alkanes) is 2. The van der Waals surface area contributed by atoms with Gasteiger partial charge in [0.1, 0.15) is 5.76 Å². The molecule has 192 valence electrons. The maximum atomic E-state index is 13.1.